The van der Waals surface area contributed by atoms with Crippen molar-refractivity contribution in [2.75, 3.05) is 23.9 Å². The molecule has 0 atom stereocenters. The third-order valence-electron chi connectivity index (χ3n) is 1.53. The molecule has 0 spiro atoms. The first kappa shape index (κ1) is 14.9. The molecule has 4 nitrogen and oxygen atoms in total. The molecule has 0 saturated heterocycles. The monoisotopic (exact) mass is 344 g/mol. The lowest BCUT2D eigenvalue weighted by Gasteiger charge is -2.03. The van der Waals surface area contributed by atoms with Crippen molar-refractivity contribution in [1.29, 1.82) is 0 Å². The maximum absolute atomic E-state index is 10.7. The summed E-state index contributed by atoms with van der Waals surface area (Å²) in [4.78, 5) is 21.4. The van der Waals surface area contributed by atoms with Gasteiger partial charge < -0.3 is 9.47 Å². The summed E-state index contributed by atoms with van der Waals surface area (Å²) in [6, 6.07) is 0. The van der Waals surface area contributed by atoms with Crippen LogP contribution in [0.5, 0.6) is 0 Å². The van der Waals surface area contributed by atoms with Crippen molar-refractivity contribution in [1.82, 2.24) is 0 Å². The fourth-order valence-corrected chi connectivity index (χ4v) is 1.15. The minimum absolute atomic E-state index is 0.232. The van der Waals surface area contributed by atoms with Crippen molar-refractivity contribution >= 4 is 43.8 Å². The minimum atomic E-state index is -0.249. The number of carbonyl (C=O) groups excluding carboxylic acids is 2. The summed E-state index contributed by atoms with van der Waals surface area (Å²) in [6.45, 7) is 0.855. The van der Waals surface area contributed by atoms with E-state index in [4.69, 9.17) is 9.47 Å². The van der Waals surface area contributed by atoms with E-state index in [0.29, 0.717) is 13.2 Å². The first-order valence-electron chi connectivity index (χ1n) is 4.64. The predicted molar refractivity (Wildman–Crippen MR) is 63.4 cm³/mol. The van der Waals surface area contributed by atoms with Crippen LogP contribution in [-0.2, 0) is 19.1 Å². The molecule has 0 aromatic heterocycles. The van der Waals surface area contributed by atoms with Gasteiger partial charge in [0.05, 0.1) is 13.2 Å². The smallest absolute Gasteiger partial charge is 0.316 e. The van der Waals surface area contributed by atoms with E-state index in [1.165, 1.54) is 0 Å². The summed E-state index contributed by atoms with van der Waals surface area (Å²) in [5, 5.41) is 0.464. The Kier molecular flexibility index (Phi) is 10.3. The van der Waals surface area contributed by atoms with E-state index < -0.39 is 0 Å². The van der Waals surface area contributed by atoms with Crippen molar-refractivity contribution in [3.05, 3.63) is 0 Å². The fraction of sp³-hybridized carbons (Fsp3) is 0.778. The molecule has 15 heavy (non-hydrogen) atoms. The number of halogens is 2. The number of alkyl halides is 2. The van der Waals surface area contributed by atoms with Gasteiger partial charge in [-0.15, -0.1) is 0 Å². The van der Waals surface area contributed by atoms with Gasteiger partial charge in [0.1, 0.15) is 10.7 Å². The topological polar surface area (TPSA) is 52.6 Å². The largest absolute Gasteiger partial charge is 0.465 e. The third-order valence-corrected chi connectivity index (χ3v) is 2.45. The highest BCUT2D eigenvalue weighted by molar-refractivity contribution is 9.09. The lowest BCUT2D eigenvalue weighted by atomic mass is 10.2. The fourth-order valence-electron chi connectivity index (χ4n) is 0.830. The molecule has 0 aliphatic heterocycles. The van der Waals surface area contributed by atoms with Crippen LogP contribution in [0.15, 0.2) is 0 Å². The number of hydrogen-bond donors (Lipinski definition) is 0. The van der Waals surface area contributed by atoms with Crippen LogP contribution in [-0.4, -0.2) is 35.8 Å². The summed E-state index contributed by atoms with van der Waals surface area (Å²) < 4.78 is 9.68. The standard InChI is InChI=1S/C9H14Br2O4/c10-6-8(12)14-4-2-1-3-5-15-9(13)7-11/h1-7H2. The Hall–Kier alpha value is -0.100. The van der Waals surface area contributed by atoms with Crippen molar-refractivity contribution in [2.24, 2.45) is 0 Å². The molecule has 0 aromatic rings. The van der Waals surface area contributed by atoms with Gasteiger partial charge in [0.2, 0.25) is 0 Å². The average Bonchev–Trinajstić information content (AvgIpc) is 2.26. The number of carbonyl (C=O) groups is 2. The van der Waals surface area contributed by atoms with E-state index in [1.54, 1.807) is 0 Å². The molecule has 0 N–H and O–H groups in total. The van der Waals surface area contributed by atoms with Crippen molar-refractivity contribution in [2.45, 2.75) is 19.3 Å². The van der Waals surface area contributed by atoms with Crippen LogP contribution in [0.25, 0.3) is 0 Å². The number of hydrogen-bond acceptors (Lipinski definition) is 4. The second-order valence-corrected chi connectivity index (χ2v) is 3.89. The Bertz CT molecular complexity index is 177. The molecule has 0 aliphatic rings. The highest BCUT2D eigenvalue weighted by atomic mass is 79.9. The summed E-state index contributed by atoms with van der Waals surface area (Å²) in [7, 11) is 0. The lowest BCUT2D eigenvalue weighted by molar-refractivity contribution is -0.140. The summed E-state index contributed by atoms with van der Waals surface area (Å²) in [5.41, 5.74) is 0. The van der Waals surface area contributed by atoms with Crippen molar-refractivity contribution in [3.8, 4) is 0 Å². The molecule has 0 aliphatic carbocycles. The van der Waals surface area contributed by atoms with Gasteiger partial charge in [0, 0.05) is 0 Å². The van der Waals surface area contributed by atoms with E-state index in [9.17, 15) is 9.59 Å². The molecule has 0 radical (unpaired) electrons. The second-order valence-electron chi connectivity index (χ2n) is 2.77. The summed E-state index contributed by atoms with van der Waals surface area (Å²) in [5.74, 6) is -0.499. The highest BCUT2D eigenvalue weighted by Crippen LogP contribution is 1.98. The predicted octanol–water partition coefficient (Wildman–Crippen LogP) is 2.03. The van der Waals surface area contributed by atoms with Crippen LogP contribution in [0.2, 0.25) is 0 Å². The molecule has 0 unspecified atom stereocenters. The van der Waals surface area contributed by atoms with Gasteiger partial charge >= 0.3 is 11.9 Å². The van der Waals surface area contributed by atoms with E-state index in [1.807, 2.05) is 0 Å². The Balaban J connectivity index is 3.11. The average molecular weight is 346 g/mol. The Morgan fingerprint density at radius 1 is 0.800 bits per heavy atom. The number of esters is 2. The second kappa shape index (κ2) is 10.4. The van der Waals surface area contributed by atoms with Gasteiger partial charge in [-0.05, 0) is 19.3 Å². The van der Waals surface area contributed by atoms with Crippen LogP contribution in [0.4, 0.5) is 0 Å². The molecule has 0 rings (SSSR count). The van der Waals surface area contributed by atoms with Crippen LogP contribution < -0.4 is 0 Å². The highest BCUT2D eigenvalue weighted by Gasteiger charge is 2.00. The molecule has 0 fully saturated rings. The molecule has 0 bridgehead atoms. The van der Waals surface area contributed by atoms with E-state index >= 15 is 0 Å². The van der Waals surface area contributed by atoms with Gasteiger partial charge in [-0.25, -0.2) is 0 Å². The lowest BCUT2D eigenvalue weighted by Crippen LogP contribution is -2.08. The van der Waals surface area contributed by atoms with E-state index in [-0.39, 0.29) is 22.6 Å². The molecule has 0 aromatic carbocycles. The van der Waals surface area contributed by atoms with Crippen LogP contribution in [0, 0.1) is 0 Å². The first-order valence-corrected chi connectivity index (χ1v) is 6.88. The zero-order chi connectivity index (χ0) is 11.5. The summed E-state index contributed by atoms with van der Waals surface area (Å²) >= 11 is 5.99. The third kappa shape index (κ3) is 10.2. The Morgan fingerprint density at radius 2 is 1.20 bits per heavy atom. The van der Waals surface area contributed by atoms with Gasteiger partial charge in [-0.3, -0.25) is 9.59 Å². The molecular formula is C9H14Br2O4. The SMILES string of the molecule is O=C(CBr)OCCCCCOC(=O)CBr. The van der Waals surface area contributed by atoms with Gasteiger partial charge in [0.15, 0.2) is 0 Å². The Morgan fingerprint density at radius 3 is 1.53 bits per heavy atom. The van der Waals surface area contributed by atoms with Crippen LogP contribution in [0.3, 0.4) is 0 Å². The first-order chi connectivity index (χ1) is 7.20. The molecule has 88 valence electrons. The van der Waals surface area contributed by atoms with Gasteiger partial charge in [-0.1, -0.05) is 31.9 Å². The molecule has 0 saturated carbocycles. The number of rotatable bonds is 8. The molecular weight excluding hydrogens is 332 g/mol. The zero-order valence-electron chi connectivity index (χ0n) is 8.34. The quantitative estimate of drug-likeness (QED) is 0.384. The van der Waals surface area contributed by atoms with Crippen LogP contribution >= 0.6 is 31.9 Å². The van der Waals surface area contributed by atoms with E-state index in [2.05, 4.69) is 31.9 Å². The maximum atomic E-state index is 10.7. The van der Waals surface area contributed by atoms with Gasteiger partial charge in [-0.2, -0.15) is 0 Å². The molecule has 0 amide bonds. The number of ether oxygens (including phenoxy) is 2. The van der Waals surface area contributed by atoms with Crippen molar-refractivity contribution in [3.63, 3.8) is 0 Å². The van der Waals surface area contributed by atoms with Crippen LogP contribution in [0.1, 0.15) is 19.3 Å². The van der Waals surface area contributed by atoms with Gasteiger partial charge in [0.25, 0.3) is 0 Å². The molecule has 6 heteroatoms. The van der Waals surface area contributed by atoms with Crippen molar-refractivity contribution < 1.29 is 19.1 Å². The summed E-state index contributed by atoms with van der Waals surface area (Å²) in [6.07, 6.45) is 2.47. The normalized spacial score (nSPS) is 9.73. The maximum Gasteiger partial charge on any atom is 0.316 e. The minimum Gasteiger partial charge on any atom is -0.465 e. The Labute approximate surface area is 106 Å². The number of unbranched alkanes of at least 4 members (excludes halogenated alkanes) is 2. The van der Waals surface area contributed by atoms with E-state index in [0.717, 1.165) is 19.3 Å². The molecule has 0 heterocycles. The zero-order valence-corrected chi connectivity index (χ0v) is 11.5.